The van der Waals surface area contributed by atoms with Crippen LogP contribution in [-0.4, -0.2) is 42.3 Å². The third kappa shape index (κ3) is 3.01. The summed E-state index contributed by atoms with van der Waals surface area (Å²) in [5, 5.41) is 12.1. The lowest BCUT2D eigenvalue weighted by atomic mass is 10.1. The number of aromatic nitrogens is 1. The highest BCUT2D eigenvalue weighted by Gasteiger charge is 2.21. The van der Waals surface area contributed by atoms with Crippen LogP contribution in [0.2, 0.25) is 0 Å². The summed E-state index contributed by atoms with van der Waals surface area (Å²) in [6, 6.07) is 1.95. The number of ether oxygens (including phenoxy) is 1. The molecule has 0 bridgehead atoms. The van der Waals surface area contributed by atoms with E-state index in [1.54, 1.807) is 0 Å². The third-order valence-electron chi connectivity index (χ3n) is 3.58. The number of aryl methyl sites for hydroxylation is 2. The quantitative estimate of drug-likeness (QED) is 0.376. The van der Waals surface area contributed by atoms with E-state index in [9.17, 15) is 0 Å². The van der Waals surface area contributed by atoms with Gasteiger partial charge in [-0.05, 0) is 32.8 Å². The Morgan fingerprint density at radius 1 is 1.60 bits per heavy atom. The maximum absolute atomic E-state index is 8.96. The lowest BCUT2D eigenvalue weighted by Gasteiger charge is -2.26. The van der Waals surface area contributed by atoms with Gasteiger partial charge in [0.1, 0.15) is 0 Å². The number of oxime groups is 1. The fraction of sp³-hybridized carbons (Fsp3) is 0.571. The maximum atomic E-state index is 8.96. The Hall–Kier alpha value is -1.82. The van der Waals surface area contributed by atoms with E-state index in [-0.39, 0.29) is 11.9 Å². The standard InChI is InChI=1S/C14H22N4O2/c1-9-7-12(13(10(2)16-9)14(15)17-19)18(3)8-11-5-4-6-20-11/h7,11,19H,4-6,8H2,1-3H3,(H2,15,17). The first-order valence-corrected chi connectivity index (χ1v) is 6.81. The van der Waals surface area contributed by atoms with Crippen LogP contribution in [0.1, 0.15) is 29.8 Å². The largest absolute Gasteiger partial charge is 0.409 e. The number of likely N-dealkylation sites (N-methyl/N-ethyl adjacent to an activating group) is 1. The van der Waals surface area contributed by atoms with Crippen LogP contribution in [0.3, 0.4) is 0 Å². The van der Waals surface area contributed by atoms with Crippen LogP contribution in [0, 0.1) is 13.8 Å². The monoisotopic (exact) mass is 278 g/mol. The normalized spacial score (nSPS) is 19.4. The van der Waals surface area contributed by atoms with Crippen molar-refractivity contribution in [2.75, 3.05) is 25.1 Å². The second-order valence-corrected chi connectivity index (χ2v) is 5.24. The van der Waals surface area contributed by atoms with Crippen molar-refractivity contribution in [2.24, 2.45) is 10.9 Å². The van der Waals surface area contributed by atoms with Gasteiger partial charge in [0.2, 0.25) is 0 Å². The van der Waals surface area contributed by atoms with E-state index in [1.807, 2.05) is 27.0 Å². The number of pyridine rings is 1. The fourth-order valence-electron chi connectivity index (χ4n) is 2.67. The van der Waals surface area contributed by atoms with Gasteiger partial charge in [0.15, 0.2) is 5.84 Å². The molecule has 0 aromatic carbocycles. The van der Waals surface area contributed by atoms with Crippen molar-refractivity contribution in [2.45, 2.75) is 32.8 Å². The van der Waals surface area contributed by atoms with Gasteiger partial charge in [-0.1, -0.05) is 5.16 Å². The van der Waals surface area contributed by atoms with Gasteiger partial charge < -0.3 is 20.6 Å². The maximum Gasteiger partial charge on any atom is 0.174 e. The molecule has 1 aromatic rings. The van der Waals surface area contributed by atoms with E-state index in [0.717, 1.165) is 43.1 Å². The number of anilines is 1. The highest BCUT2D eigenvalue weighted by Crippen LogP contribution is 2.24. The molecule has 1 aliphatic heterocycles. The van der Waals surface area contributed by atoms with E-state index >= 15 is 0 Å². The zero-order valence-electron chi connectivity index (χ0n) is 12.3. The molecule has 0 amide bonds. The topological polar surface area (TPSA) is 84.0 Å². The van der Waals surface area contributed by atoms with Crippen molar-refractivity contribution in [3.05, 3.63) is 23.0 Å². The molecule has 1 fully saturated rings. The molecule has 1 aliphatic rings. The molecule has 6 heteroatoms. The van der Waals surface area contributed by atoms with Crippen LogP contribution in [0.5, 0.6) is 0 Å². The molecule has 1 unspecified atom stereocenters. The summed E-state index contributed by atoms with van der Waals surface area (Å²) in [4.78, 5) is 6.48. The summed E-state index contributed by atoms with van der Waals surface area (Å²) in [5.74, 6) is 0.0872. The van der Waals surface area contributed by atoms with Crippen molar-refractivity contribution in [3.63, 3.8) is 0 Å². The molecular formula is C14H22N4O2. The van der Waals surface area contributed by atoms with Gasteiger partial charge in [0, 0.05) is 25.9 Å². The number of nitrogens with two attached hydrogens (primary N) is 1. The molecule has 110 valence electrons. The molecular weight excluding hydrogens is 256 g/mol. The minimum atomic E-state index is 0.0872. The average Bonchev–Trinajstić information content (AvgIpc) is 2.89. The fourth-order valence-corrected chi connectivity index (χ4v) is 2.67. The Labute approximate surface area is 119 Å². The molecule has 1 atom stereocenters. The number of hydrogen-bond acceptors (Lipinski definition) is 5. The van der Waals surface area contributed by atoms with Gasteiger partial charge >= 0.3 is 0 Å². The Morgan fingerprint density at radius 2 is 2.35 bits per heavy atom. The third-order valence-corrected chi connectivity index (χ3v) is 3.58. The van der Waals surface area contributed by atoms with Crippen LogP contribution in [0.25, 0.3) is 0 Å². The first-order chi connectivity index (χ1) is 9.52. The van der Waals surface area contributed by atoms with Gasteiger partial charge in [-0.2, -0.15) is 0 Å². The second-order valence-electron chi connectivity index (χ2n) is 5.24. The first kappa shape index (κ1) is 14.6. The summed E-state index contributed by atoms with van der Waals surface area (Å²) < 4.78 is 5.66. The Bertz CT molecular complexity index is 510. The highest BCUT2D eigenvalue weighted by atomic mass is 16.5. The van der Waals surface area contributed by atoms with Crippen molar-refractivity contribution < 1.29 is 9.94 Å². The Balaban J connectivity index is 2.32. The minimum absolute atomic E-state index is 0.0872. The van der Waals surface area contributed by atoms with Gasteiger partial charge in [-0.3, -0.25) is 4.98 Å². The predicted octanol–water partition coefficient (Wildman–Crippen LogP) is 1.41. The average molecular weight is 278 g/mol. The Morgan fingerprint density at radius 3 is 2.95 bits per heavy atom. The van der Waals surface area contributed by atoms with Crippen molar-refractivity contribution in [1.29, 1.82) is 0 Å². The van der Waals surface area contributed by atoms with Crippen LogP contribution in [-0.2, 0) is 4.74 Å². The number of hydrogen-bond donors (Lipinski definition) is 2. The molecule has 3 N–H and O–H groups in total. The van der Waals surface area contributed by atoms with Gasteiger partial charge in [-0.25, -0.2) is 0 Å². The summed E-state index contributed by atoms with van der Waals surface area (Å²) >= 11 is 0. The lowest BCUT2D eigenvalue weighted by Crippen LogP contribution is -2.31. The molecule has 1 saturated heterocycles. The zero-order valence-corrected chi connectivity index (χ0v) is 12.3. The van der Waals surface area contributed by atoms with E-state index in [1.165, 1.54) is 0 Å². The smallest absolute Gasteiger partial charge is 0.174 e. The molecule has 6 nitrogen and oxygen atoms in total. The van der Waals surface area contributed by atoms with E-state index < -0.39 is 0 Å². The van der Waals surface area contributed by atoms with Crippen molar-refractivity contribution in [3.8, 4) is 0 Å². The molecule has 0 saturated carbocycles. The molecule has 20 heavy (non-hydrogen) atoms. The number of nitrogens with zero attached hydrogens (tertiary/aromatic N) is 3. The lowest BCUT2D eigenvalue weighted by molar-refractivity contribution is 0.116. The second kappa shape index (κ2) is 6.09. The number of rotatable bonds is 4. The van der Waals surface area contributed by atoms with Crippen LogP contribution < -0.4 is 10.6 Å². The van der Waals surface area contributed by atoms with Crippen molar-refractivity contribution >= 4 is 11.5 Å². The van der Waals surface area contributed by atoms with Crippen LogP contribution in [0.4, 0.5) is 5.69 Å². The molecule has 0 radical (unpaired) electrons. The summed E-state index contributed by atoms with van der Waals surface area (Å²) in [7, 11) is 1.99. The van der Waals surface area contributed by atoms with Gasteiger partial charge in [0.25, 0.3) is 0 Å². The first-order valence-electron chi connectivity index (χ1n) is 6.81. The molecule has 0 aliphatic carbocycles. The van der Waals surface area contributed by atoms with Gasteiger partial charge in [0.05, 0.1) is 23.0 Å². The number of amidine groups is 1. The summed E-state index contributed by atoms with van der Waals surface area (Å²) in [6.07, 6.45) is 2.43. The highest BCUT2D eigenvalue weighted by molar-refractivity contribution is 6.03. The summed E-state index contributed by atoms with van der Waals surface area (Å²) in [5.41, 5.74) is 9.06. The zero-order chi connectivity index (χ0) is 14.7. The summed E-state index contributed by atoms with van der Waals surface area (Å²) in [6.45, 7) is 5.42. The molecule has 1 aromatic heterocycles. The Kier molecular flexibility index (Phi) is 4.44. The molecule has 2 heterocycles. The minimum Gasteiger partial charge on any atom is -0.409 e. The van der Waals surface area contributed by atoms with Gasteiger partial charge in [-0.15, -0.1) is 0 Å². The SMILES string of the molecule is Cc1cc(N(C)CC2CCCO2)c(/C(N)=N/O)c(C)n1. The van der Waals surface area contributed by atoms with Crippen LogP contribution >= 0.6 is 0 Å². The molecule has 2 rings (SSSR count). The van der Waals surface area contributed by atoms with E-state index in [0.29, 0.717) is 5.56 Å². The van der Waals surface area contributed by atoms with Crippen LogP contribution in [0.15, 0.2) is 11.2 Å². The van der Waals surface area contributed by atoms with E-state index in [4.69, 9.17) is 15.7 Å². The van der Waals surface area contributed by atoms with Crippen molar-refractivity contribution in [1.82, 2.24) is 4.98 Å². The predicted molar refractivity (Wildman–Crippen MR) is 78.5 cm³/mol. The van der Waals surface area contributed by atoms with E-state index in [2.05, 4.69) is 15.0 Å². The molecule has 0 spiro atoms.